The van der Waals surface area contributed by atoms with Gasteiger partial charge in [-0.05, 0) is 43.0 Å². The highest BCUT2D eigenvalue weighted by Crippen LogP contribution is 2.18. The van der Waals surface area contributed by atoms with E-state index < -0.39 is 0 Å². The molecular weight excluding hydrogens is 266 g/mol. The van der Waals surface area contributed by atoms with Crippen LogP contribution >= 0.6 is 0 Å². The molecule has 110 valence electrons. The maximum atomic E-state index is 12.0. The Morgan fingerprint density at radius 2 is 2.14 bits per heavy atom. The molecule has 0 unspecified atom stereocenters. The van der Waals surface area contributed by atoms with Crippen LogP contribution < -0.4 is 5.32 Å². The second-order valence-electron chi connectivity index (χ2n) is 5.53. The average molecular weight is 285 g/mol. The molecule has 0 saturated heterocycles. The average Bonchev–Trinajstić information content (AvgIpc) is 3.11. The van der Waals surface area contributed by atoms with Crippen LogP contribution in [0.15, 0.2) is 42.7 Å². The van der Waals surface area contributed by atoms with Crippen LogP contribution in [0.4, 0.5) is 0 Å². The Hall–Kier alpha value is -2.14. The first-order valence-electron chi connectivity index (χ1n) is 7.27. The van der Waals surface area contributed by atoms with Gasteiger partial charge < -0.3 is 10.4 Å². The molecule has 0 aliphatic heterocycles. The minimum absolute atomic E-state index is 0.0148. The SMILES string of the molecule is O=C(Cc1ccc(-n2cccn2)cc1)N[C@H]1CC[C@@H](O)C1. The van der Waals surface area contributed by atoms with Crippen LogP contribution in [0.3, 0.4) is 0 Å². The number of carbonyl (C=O) groups excluding carboxylic acids is 1. The first-order valence-corrected chi connectivity index (χ1v) is 7.27. The van der Waals surface area contributed by atoms with E-state index in [9.17, 15) is 9.90 Å². The molecule has 2 N–H and O–H groups in total. The summed E-state index contributed by atoms with van der Waals surface area (Å²) in [5.41, 5.74) is 1.95. The second kappa shape index (κ2) is 6.10. The number of rotatable bonds is 4. The van der Waals surface area contributed by atoms with Crippen LogP contribution in [0.1, 0.15) is 24.8 Å². The molecule has 1 saturated carbocycles. The van der Waals surface area contributed by atoms with Crippen LogP contribution in [0.25, 0.3) is 5.69 Å². The van der Waals surface area contributed by atoms with Crippen molar-refractivity contribution in [2.75, 3.05) is 0 Å². The Labute approximate surface area is 123 Å². The summed E-state index contributed by atoms with van der Waals surface area (Å²) >= 11 is 0. The lowest BCUT2D eigenvalue weighted by Crippen LogP contribution is -2.34. The lowest BCUT2D eigenvalue weighted by Gasteiger charge is -2.12. The molecule has 1 aromatic carbocycles. The number of carbonyl (C=O) groups is 1. The minimum atomic E-state index is -0.261. The van der Waals surface area contributed by atoms with Crippen LogP contribution in [0.5, 0.6) is 0 Å². The van der Waals surface area contributed by atoms with E-state index >= 15 is 0 Å². The number of nitrogens with one attached hydrogen (secondary N) is 1. The van der Waals surface area contributed by atoms with Gasteiger partial charge in [-0.25, -0.2) is 4.68 Å². The zero-order valence-electron chi connectivity index (χ0n) is 11.8. The molecule has 1 amide bonds. The van der Waals surface area contributed by atoms with Crippen molar-refractivity contribution in [3.05, 3.63) is 48.3 Å². The van der Waals surface area contributed by atoms with Gasteiger partial charge in [0.1, 0.15) is 0 Å². The molecular formula is C16H19N3O2. The fourth-order valence-corrected chi connectivity index (χ4v) is 2.74. The summed E-state index contributed by atoms with van der Waals surface area (Å²) in [4.78, 5) is 12.0. The van der Waals surface area contributed by atoms with Gasteiger partial charge in [-0.1, -0.05) is 12.1 Å². The lowest BCUT2D eigenvalue weighted by atomic mass is 10.1. The summed E-state index contributed by atoms with van der Waals surface area (Å²) in [5.74, 6) is 0.0148. The number of hydrogen-bond acceptors (Lipinski definition) is 3. The van der Waals surface area contributed by atoms with E-state index in [1.54, 1.807) is 10.9 Å². The smallest absolute Gasteiger partial charge is 0.224 e. The number of aliphatic hydroxyl groups excluding tert-OH is 1. The van der Waals surface area contributed by atoms with Gasteiger partial charge in [0, 0.05) is 18.4 Å². The molecule has 1 aromatic heterocycles. The standard InChI is InChI=1S/C16H19N3O2/c20-15-7-4-13(11-15)18-16(21)10-12-2-5-14(6-3-12)19-9-1-8-17-19/h1-3,5-6,8-9,13,15,20H,4,7,10-11H2,(H,18,21)/t13-,15+/m0/s1. The Bertz CT molecular complexity index is 592. The third-order valence-electron chi connectivity index (χ3n) is 3.84. The Morgan fingerprint density at radius 1 is 1.33 bits per heavy atom. The summed E-state index contributed by atoms with van der Waals surface area (Å²) in [5, 5.41) is 16.6. The van der Waals surface area contributed by atoms with Gasteiger partial charge in [-0.15, -0.1) is 0 Å². The minimum Gasteiger partial charge on any atom is -0.393 e. The molecule has 5 heteroatoms. The van der Waals surface area contributed by atoms with E-state index in [0.29, 0.717) is 12.8 Å². The molecule has 2 atom stereocenters. The van der Waals surface area contributed by atoms with Gasteiger partial charge in [0.15, 0.2) is 0 Å². The molecule has 2 aromatic rings. The molecule has 1 aliphatic carbocycles. The van der Waals surface area contributed by atoms with E-state index in [1.807, 2.05) is 36.5 Å². The van der Waals surface area contributed by atoms with Crippen LogP contribution in [0, 0.1) is 0 Å². The highest BCUT2D eigenvalue weighted by atomic mass is 16.3. The molecule has 0 spiro atoms. The van der Waals surface area contributed by atoms with Gasteiger partial charge in [0.2, 0.25) is 5.91 Å². The molecule has 0 radical (unpaired) electrons. The highest BCUT2D eigenvalue weighted by Gasteiger charge is 2.23. The van der Waals surface area contributed by atoms with Crippen molar-refractivity contribution in [2.45, 2.75) is 37.8 Å². The van der Waals surface area contributed by atoms with Crippen molar-refractivity contribution < 1.29 is 9.90 Å². The monoisotopic (exact) mass is 285 g/mol. The maximum absolute atomic E-state index is 12.0. The highest BCUT2D eigenvalue weighted by molar-refractivity contribution is 5.79. The summed E-state index contributed by atoms with van der Waals surface area (Å²) in [7, 11) is 0. The predicted octanol–water partition coefficient (Wildman–Crippen LogP) is 1.44. The quantitative estimate of drug-likeness (QED) is 0.893. The summed E-state index contributed by atoms with van der Waals surface area (Å²) in [6, 6.07) is 9.79. The number of aliphatic hydroxyl groups is 1. The Kier molecular flexibility index (Phi) is 4.01. The molecule has 21 heavy (non-hydrogen) atoms. The second-order valence-corrected chi connectivity index (χ2v) is 5.53. The predicted molar refractivity (Wildman–Crippen MR) is 79.1 cm³/mol. The van der Waals surface area contributed by atoms with E-state index in [1.165, 1.54) is 0 Å². The van der Waals surface area contributed by atoms with Gasteiger partial charge in [-0.3, -0.25) is 4.79 Å². The third-order valence-corrected chi connectivity index (χ3v) is 3.84. The first kappa shape index (κ1) is 13.8. The van der Waals surface area contributed by atoms with Gasteiger partial charge in [-0.2, -0.15) is 5.10 Å². The van der Waals surface area contributed by atoms with Crippen molar-refractivity contribution in [2.24, 2.45) is 0 Å². The fraction of sp³-hybridized carbons (Fsp3) is 0.375. The number of benzene rings is 1. The number of aromatic nitrogens is 2. The van der Waals surface area contributed by atoms with Gasteiger partial charge >= 0.3 is 0 Å². The molecule has 1 aliphatic rings. The number of nitrogens with zero attached hydrogens (tertiary/aromatic N) is 2. The zero-order chi connectivity index (χ0) is 14.7. The fourth-order valence-electron chi connectivity index (χ4n) is 2.74. The Balaban J connectivity index is 1.56. The van der Waals surface area contributed by atoms with Crippen molar-refractivity contribution in [3.63, 3.8) is 0 Å². The Morgan fingerprint density at radius 3 is 2.76 bits per heavy atom. The largest absolute Gasteiger partial charge is 0.393 e. The van der Waals surface area contributed by atoms with Crippen LogP contribution in [-0.4, -0.2) is 32.9 Å². The lowest BCUT2D eigenvalue weighted by molar-refractivity contribution is -0.121. The van der Waals surface area contributed by atoms with E-state index in [4.69, 9.17) is 0 Å². The van der Waals surface area contributed by atoms with E-state index in [2.05, 4.69) is 10.4 Å². The number of amides is 1. The van der Waals surface area contributed by atoms with Crippen LogP contribution in [-0.2, 0) is 11.2 Å². The zero-order valence-corrected chi connectivity index (χ0v) is 11.8. The number of hydrogen-bond donors (Lipinski definition) is 2. The third kappa shape index (κ3) is 3.49. The summed E-state index contributed by atoms with van der Waals surface area (Å²) in [6.45, 7) is 0. The van der Waals surface area contributed by atoms with Crippen molar-refractivity contribution in [3.8, 4) is 5.69 Å². The first-order chi connectivity index (χ1) is 10.2. The molecule has 0 bridgehead atoms. The van der Waals surface area contributed by atoms with Crippen LogP contribution in [0.2, 0.25) is 0 Å². The van der Waals surface area contributed by atoms with Crippen molar-refractivity contribution >= 4 is 5.91 Å². The maximum Gasteiger partial charge on any atom is 0.224 e. The van der Waals surface area contributed by atoms with E-state index in [-0.39, 0.29) is 18.1 Å². The summed E-state index contributed by atoms with van der Waals surface area (Å²) in [6.07, 6.45) is 6.04. The van der Waals surface area contributed by atoms with Crippen molar-refractivity contribution in [1.82, 2.24) is 15.1 Å². The molecule has 1 fully saturated rings. The van der Waals surface area contributed by atoms with Crippen molar-refractivity contribution in [1.29, 1.82) is 0 Å². The normalized spacial score (nSPS) is 21.4. The van der Waals surface area contributed by atoms with E-state index in [0.717, 1.165) is 24.1 Å². The molecule has 1 heterocycles. The topological polar surface area (TPSA) is 67.2 Å². The summed E-state index contributed by atoms with van der Waals surface area (Å²) < 4.78 is 1.78. The van der Waals surface area contributed by atoms with Gasteiger partial charge in [0.25, 0.3) is 0 Å². The molecule has 5 nitrogen and oxygen atoms in total. The van der Waals surface area contributed by atoms with Gasteiger partial charge in [0.05, 0.1) is 18.2 Å². The molecule has 3 rings (SSSR count).